The molecule has 0 fully saturated rings. The van der Waals surface area contributed by atoms with Gasteiger partial charge in [0.1, 0.15) is 0 Å². The average molecular weight is 289 g/mol. The van der Waals surface area contributed by atoms with Gasteiger partial charge in [-0.3, -0.25) is 0 Å². The van der Waals surface area contributed by atoms with E-state index in [4.69, 9.17) is 8.23 Å². The van der Waals surface area contributed by atoms with Crippen LogP contribution in [-0.2, 0) is 12.3 Å². The molecule has 0 spiro atoms. The molecular formula is C9H20O3Si4. The second-order valence-corrected chi connectivity index (χ2v) is 8.38. The number of rotatable bonds is 12. The first-order chi connectivity index (χ1) is 7.81. The molecule has 0 aliphatic rings. The van der Waals surface area contributed by atoms with Crippen LogP contribution in [0, 0.1) is 0 Å². The van der Waals surface area contributed by atoms with Gasteiger partial charge < -0.3 is 12.3 Å². The summed E-state index contributed by atoms with van der Waals surface area (Å²) in [6, 6.07) is 1.23. The van der Waals surface area contributed by atoms with E-state index in [9.17, 15) is 0 Å². The SMILES string of the molecule is CCCCCCCC[Si](C)O[Si]O[Si]O[Si]. The Labute approximate surface area is 110 Å². The van der Waals surface area contributed by atoms with Crippen LogP contribution in [0.2, 0.25) is 12.6 Å². The van der Waals surface area contributed by atoms with Gasteiger partial charge in [0.15, 0.2) is 9.04 Å². The predicted molar refractivity (Wildman–Crippen MR) is 70.3 cm³/mol. The van der Waals surface area contributed by atoms with E-state index in [0.29, 0.717) is 0 Å². The fourth-order valence-electron chi connectivity index (χ4n) is 1.34. The zero-order valence-corrected chi connectivity index (χ0v) is 14.2. The van der Waals surface area contributed by atoms with Crippen molar-refractivity contribution >= 4 is 39.5 Å². The van der Waals surface area contributed by atoms with Crippen LogP contribution in [0.5, 0.6) is 0 Å². The van der Waals surface area contributed by atoms with E-state index in [2.05, 4.69) is 28.1 Å². The number of unbranched alkanes of at least 4 members (excludes halogenated alkanes) is 5. The molecule has 0 aromatic heterocycles. The van der Waals surface area contributed by atoms with Gasteiger partial charge in [0.25, 0.3) is 0 Å². The molecule has 0 bridgehead atoms. The van der Waals surface area contributed by atoms with E-state index in [-0.39, 0.29) is 20.0 Å². The highest BCUT2D eigenvalue weighted by molar-refractivity contribution is 6.57. The van der Waals surface area contributed by atoms with E-state index >= 15 is 0 Å². The molecule has 0 N–H and O–H groups in total. The van der Waals surface area contributed by atoms with Crippen LogP contribution in [0.3, 0.4) is 0 Å². The summed E-state index contributed by atoms with van der Waals surface area (Å²) in [5.74, 6) is 0. The third-order valence-electron chi connectivity index (χ3n) is 2.22. The minimum absolute atomic E-state index is 0.0337. The fourth-order valence-corrected chi connectivity index (χ4v) is 4.28. The first-order valence-electron chi connectivity index (χ1n) is 5.79. The quantitative estimate of drug-likeness (QED) is 0.407. The molecule has 0 saturated heterocycles. The van der Waals surface area contributed by atoms with Crippen LogP contribution in [0.1, 0.15) is 45.4 Å². The van der Waals surface area contributed by atoms with Crippen molar-refractivity contribution in [3.8, 4) is 0 Å². The maximum atomic E-state index is 5.58. The molecule has 0 aliphatic carbocycles. The normalized spacial score (nSPS) is 11.2. The number of hydrogen-bond acceptors (Lipinski definition) is 3. The topological polar surface area (TPSA) is 27.7 Å². The van der Waals surface area contributed by atoms with Crippen molar-refractivity contribution in [2.24, 2.45) is 0 Å². The Bertz CT molecular complexity index is 140. The van der Waals surface area contributed by atoms with E-state index in [0.717, 1.165) is 0 Å². The third-order valence-corrected chi connectivity index (χ3v) is 6.01. The van der Waals surface area contributed by atoms with Gasteiger partial charge in [-0.25, -0.2) is 0 Å². The molecule has 0 saturated carbocycles. The lowest BCUT2D eigenvalue weighted by Gasteiger charge is -2.09. The minimum Gasteiger partial charge on any atom is -0.435 e. The summed E-state index contributed by atoms with van der Waals surface area (Å²) in [6.07, 6.45) is 8.11. The molecule has 0 atom stereocenters. The Kier molecular flexibility index (Phi) is 14.5. The van der Waals surface area contributed by atoms with Crippen molar-refractivity contribution in [2.75, 3.05) is 0 Å². The maximum absolute atomic E-state index is 5.58. The first-order valence-corrected chi connectivity index (χ1v) is 9.94. The van der Waals surface area contributed by atoms with Crippen molar-refractivity contribution < 1.29 is 12.3 Å². The highest BCUT2D eigenvalue weighted by Crippen LogP contribution is 2.09. The van der Waals surface area contributed by atoms with Crippen LogP contribution in [0.25, 0.3) is 0 Å². The standard InChI is InChI=1S/C9H20O3Si4/c1-3-4-5-6-7-8-9-16(2)12-15-11-14-10-13/h3-9H2,1-2H3. The molecule has 0 unspecified atom stereocenters. The Balaban J connectivity index is 3.08. The third kappa shape index (κ3) is 12.8. The minimum atomic E-state index is -0.642. The molecule has 0 aromatic carbocycles. The second-order valence-electron chi connectivity index (χ2n) is 3.69. The lowest BCUT2D eigenvalue weighted by Crippen LogP contribution is -2.20. The van der Waals surface area contributed by atoms with Gasteiger partial charge in [-0.15, -0.1) is 0 Å². The summed E-state index contributed by atoms with van der Waals surface area (Å²) < 4.78 is 15.3. The Morgan fingerprint density at radius 2 is 1.75 bits per heavy atom. The van der Waals surface area contributed by atoms with Gasteiger partial charge in [0.05, 0.1) is 0 Å². The summed E-state index contributed by atoms with van der Waals surface area (Å²) in [7, 11) is 2.40. The monoisotopic (exact) mass is 288 g/mol. The Hall–Kier alpha value is 0.748. The highest BCUT2D eigenvalue weighted by Gasteiger charge is 2.07. The molecule has 7 heteroatoms. The van der Waals surface area contributed by atoms with Crippen molar-refractivity contribution in [3.05, 3.63) is 0 Å². The molecule has 90 valence electrons. The van der Waals surface area contributed by atoms with E-state index in [1.165, 1.54) is 44.6 Å². The van der Waals surface area contributed by atoms with Crippen LogP contribution >= 0.6 is 0 Å². The van der Waals surface area contributed by atoms with Gasteiger partial charge >= 0.3 is 20.0 Å². The molecule has 0 rings (SSSR count). The largest absolute Gasteiger partial charge is 0.435 e. The van der Waals surface area contributed by atoms with Crippen LogP contribution in [0.15, 0.2) is 0 Å². The van der Waals surface area contributed by atoms with Crippen LogP contribution in [-0.4, -0.2) is 39.5 Å². The van der Waals surface area contributed by atoms with Gasteiger partial charge in [0.2, 0.25) is 10.5 Å². The first kappa shape index (κ1) is 16.7. The van der Waals surface area contributed by atoms with E-state index < -0.39 is 9.04 Å². The van der Waals surface area contributed by atoms with Gasteiger partial charge in [-0.1, -0.05) is 45.4 Å². The summed E-state index contributed by atoms with van der Waals surface area (Å²) >= 11 is 0. The van der Waals surface area contributed by atoms with E-state index in [1.54, 1.807) is 0 Å². The predicted octanol–water partition coefficient (Wildman–Crippen LogP) is 2.17. The zero-order chi connectivity index (χ0) is 12.1. The number of hydrogen-bond donors (Lipinski definition) is 0. The lowest BCUT2D eigenvalue weighted by molar-refractivity contribution is 0.431. The second kappa shape index (κ2) is 13.8. The lowest BCUT2D eigenvalue weighted by atomic mass is 10.1. The van der Waals surface area contributed by atoms with Crippen molar-refractivity contribution in [2.45, 2.75) is 58.0 Å². The summed E-state index contributed by atoms with van der Waals surface area (Å²) in [6.45, 7) is 4.45. The molecule has 0 heterocycles. The van der Waals surface area contributed by atoms with E-state index in [1.807, 2.05) is 0 Å². The van der Waals surface area contributed by atoms with Crippen molar-refractivity contribution in [3.63, 3.8) is 0 Å². The Morgan fingerprint density at radius 1 is 1.06 bits per heavy atom. The molecule has 16 heavy (non-hydrogen) atoms. The summed E-state index contributed by atoms with van der Waals surface area (Å²) in [5.41, 5.74) is 0. The van der Waals surface area contributed by atoms with Gasteiger partial charge in [-0.05, 0) is 12.6 Å². The van der Waals surface area contributed by atoms with Crippen molar-refractivity contribution in [1.29, 1.82) is 0 Å². The summed E-state index contributed by atoms with van der Waals surface area (Å²) in [5, 5.41) is 0. The Morgan fingerprint density at radius 3 is 2.44 bits per heavy atom. The van der Waals surface area contributed by atoms with Gasteiger partial charge in [-0.2, -0.15) is 0 Å². The highest BCUT2D eigenvalue weighted by atomic mass is 28.4. The summed E-state index contributed by atoms with van der Waals surface area (Å²) in [4.78, 5) is 0. The van der Waals surface area contributed by atoms with Crippen LogP contribution < -0.4 is 0 Å². The maximum Gasteiger partial charge on any atom is 0.411 e. The fraction of sp³-hybridized carbons (Fsp3) is 1.00. The van der Waals surface area contributed by atoms with Crippen molar-refractivity contribution in [1.82, 2.24) is 0 Å². The molecule has 3 nitrogen and oxygen atoms in total. The van der Waals surface area contributed by atoms with Gasteiger partial charge in [0, 0.05) is 0 Å². The molecule has 0 aromatic rings. The molecular weight excluding hydrogens is 268 g/mol. The van der Waals surface area contributed by atoms with Crippen LogP contribution in [0.4, 0.5) is 0 Å². The molecule has 8 radical (unpaired) electrons. The molecule has 0 amide bonds. The zero-order valence-electron chi connectivity index (χ0n) is 10.2. The average Bonchev–Trinajstić information content (AvgIpc) is 2.29. The smallest absolute Gasteiger partial charge is 0.411 e. The molecule has 0 aliphatic heterocycles.